The molecule has 0 heterocycles. The number of hydrogen-bond acceptors (Lipinski definition) is 2. The molecule has 0 fully saturated rings. The molecule has 0 aromatic heterocycles. The highest BCUT2D eigenvalue weighted by Gasteiger charge is 2.34. The molecule has 0 spiro atoms. The van der Waals surface area contributed by atoms with E-state index in [4.69, 9.17) is 0 Å². The molecule has 7 heteroatoms. The standard InChI is InChI=1S/C13H11F4NO2/c14-10-5-4-7(6-9(10)13(15,16)17)18-12(20)8-2-1-3-11(8)19/h4-6,19H,1-3H2,(H,18,20). The second kappa shape index (κ2) is 5.15. The van der Waals surface area contributed by atoms with Crippen LogP contribution in [-0.2, 0) is 11.0 Å². The van der Waals surface area contributed by atoms with Gasteiger partial charge < -0.3 is 10.4 Å². The molecule has 0 atom stereocenters. The fourth-order valence-electron chi connectivity index (χ4n) is 2.00. The largest absolute Gasteiger partial charge is 0.512 e. The summed E-state index contributed by atoms with van der Waals surface area (Å²) in [6.07, 6.45) is -3.48. The van der Waals surface area contributed by atoms with Crippen LogP contribution in [0.3, 0.4) is 0 Å². The second-order valence-electron chi connectivity index (χ2n) is 4.43. The zero-order valence-corrected chi connectivity index (χ0v) is 10.2. The van der Waals surface area contributed by atoms with Crippen LogP contribution < -0.4 is 5.32 Å². The molecule has 2 rings (SSSR count). The fourth-order valence-corrected chi connectivity index (χ4v) is 2.00. The predicted molar refractivity (Wildman–Crippen MR) is 63.5 cm³/mol. The van der Waals surface area contributed by atoms with Crippen molar-refractivity contribution in [3.05, 3.63) is 40.9 Å². The number of allylic oxidation sites excluding steroid dienone is 1. The third kappa shape index (κ3) is 2.92. The number of carbonyl (C=O) groups excluding carboxylic acids is 1. The van der Waals surface area contributed by atoms with E-state index in [2.05, 4.69) is 5.32 Å². The number of rotatable bonds is 2. The first-order valence-corrected chi connectivity index (χ1v) is 5.88. The Balaban J connectivity index is 2.23. The van der Waals surface area contributed by atoms with Gasteiger partial charge in [0.05, 0.1) is 11.1 Å². The molecule has 1 aliphatic rings. The Labute approximate surface area is 111 Å². The van der Waals surface area contributed by atoms with E-state index in [1.165, 1.54) is 0 Å². The lowest BCUT2D eigenvalue weighted by molar-refractivity contribution is -0.140. The number of benzene rings is 1. The van der Waals surface area contributed by atoms with Crippen LogP contribution in [0.1, 0.15) is 24.8 Å². The van der Waals surface area contributed by atoms with Gasteiger partial charge >= 0.3 is 6.18 Å². The molecule has 20 heavy (non-hydrogen) atoms. The van der Waals surface area contributed by atoms with Crippen LogP contribution in [0.2, 0.25) is 0 Å². The van der Waals surface area contributed by atoms with Gasteiger partial charge in [0.15, 0.2) is 0 Å². The number of carbonyl (C=O) groups is 1. The van der Waals surface area contributed by atoms with Gasteiger partial charge in [0, 0.05) is 12.1 Å². The summed E-state index contributed by atoms with van der Waals surface area (Å²) < 4.78 is 50.7. The van der Waals surface area contributed by atoms with Crippen molar-refractivity contribution in [1.29, 1.82) is 0 Å². The maximum Gasteiger partial charge on any atom is 0.419 e. The number of aliphatic hydroxyl groups excluding tert-OH is 1. The first-order chi connectivity index (χ1) is 9.29. The number of alkyl halides is 3. The molecule has 1 amide bonds. The topological polar surface area (TPSA) is 49.3 Å². The summed E-state index contributed by atoms with van der Waals surface area (Å²) in [5.74, 6) is -2.13. The van der Waals surface area contributed by atoms with Crippen LogP contribution in [-0.4, -0.2) is 11.0 Å². The SMILES string of the molecule is O=C(Nc1ccc(F)c(C(F)(F)F)c1)C1=C(O)CCC1. The summed E-state index contributed by atoms with van der Waals surface area (Å²) in [5, 5.41) is 11.7. The summed E-state index contributed by atoms with van der Waals surface area (Å²) in [6, 6.07) is 2.20. The molecular formula is C13H11F4NO2. The highest BCUT2D eigenvalue weighted by atomic mass is 19.4. The zero-order valence-electron chi connectivity index (χ0n) is 10.2. The zero-order chi connectivity index (χ0) is 14.9. The van der Waals surface area contributed by atoms with E-state index >= 15 is 0 Å². The van der Waals surface area contributed by atoms with Gasteiger partial charge in [-0.05, 0) is 31.0 Å². The number of aliphatic hydroxyl groups is 1. The average molecular weight is 289 g/mol. The number of hydrogen-bond donors (Lipinski definition) is 2. The third-order valence-corrected chi connectivity index (χ3v) is 2.99. The van der Waals surface area contributed by atoms with Crippen molar-refractivity contribution in [2.45, 2.75) is 25.4 Å². The van der Waals surface area contributed by atoms with Crippen molar-refractivity contribution in [2.75, 3.05) is 5.32 Å². The number of nitrogens with one attached hydrogen (secondary N) is 1. The molecule has 0 radical (unpaired) electrons. The van der Waals surface area contributed by atoms with Crippen LogP contribution in [0.4, 0.5) is 23.2 Å². The highest BCUT2D eigenvalue weighted by molar-refractivity contribution is 6.04. The van der Waals surface area contributed by atoms with Crippen molar-refractivity contribution in [2.24, 2.45) is 0 Å². The average Bonchev–Trinajstić information content (AvgIpc) is 2.76. The summed E-state index contributed by atoms with van der Waals surface area (Å²) >= 11 is 0. The van der Waals surface area contributed by atoms with Crippen LogP contribution in [0.25, 0.3) is 0 Å². The Morgan fingerprint density at radius 1 is 1.25 bits per heavy atom. The lowest BCUT2D eigenvalue weighted by atomic mass is 10.1. The molecule has 0 aliphatic heterocycles. The summed E-state index contributed by atoms with van der Waals surface area (Å²) in [5.41, 5.74) is -1.46. The quantitative estimate of drug-likeness (QED) is 0.814. The maximum absolute atomic E-state index is 13.1. The van der Waals surface area contributed by atoms with Gasteiger partial charge in [-0.15, -0.1) is 0 Å². The lowest BCUT2D eigenvalue weighted by Crippen LogP contribution is -2.16. The lowest BCUT2D eigenvalue weighted by Gasteiger charge is -2.11. The van der Waals surface area contributed by atoms with Gasteiger partial charge in [-0.1, -0.05) is 0 Å². The van der Waals surface area contributed by atoms with E-state index in [1.54, 1.807) is 0 Å². The van der Waals surface area contributed by atoms with E-state index in [0.29, 0.717) is 31.4 Å². The van der Waals surface area contributed by atoms with Crippen LogP contribution in [0.15, 0.2) is 29.5 Å². The Hall–Kier alpha value is -2.05. The molecule has 0 bridgehead atoms. The normalized spacial score (nSPS) is 15.6. The van der Waals surface area contributed by atoms with E-state index in [0.717, 1.165) is 6.07 Å². The monoisotopic (exact) mass is 289 g/mol. The number of halogens is 4. The van der Waals surface area contributed by atoms with Crippen LogP contribution in [0, 0.1) is 5.82 Å². The molecule has 0 unspecified atom stereocenters. The molecule has 3 nitrogen and oxygen atoms in total. The minimum atomic E-state index is -4.83. The van der Waals surface area contributed by atoms with Gasteiger partial charge in [0.2, 0.25) is 0 Å². The van der Waals surface area contributed by atoms with Crippen molar-refractivity contribution in [3.63, 3.8) is 0 Å². The molecular weight excluding hydrogens is 278 g/mol. The fraction of sp³-hybridized carbons (Fsp3) is 0.308. The van der Waals surface area contributed by atoms with Crippen molar-refractivity contribution in [3.8, 4) is 0 Å². The molecule has 1 aromatic carbocycles. The molecule has 1 aromatic rings. The minimum Gasteiger partial charge on any atom is -0.512 e. The smallest absolute Gasteiger partial charge is 0.419 e. The summed E-state index contributed by atoms with van der Waals surface area (Å²) in [7, 11) is 0. The minimum absolute atomic E-state index is 0.0549. The Morgan fingerprint density at radius 3 is 2.50 bits per heavy atom. The first-order valence-electron chi connectivity index (χ1n) is 5.88. The van der Waals surface area contributed by atoms with Gasteiger partial charge in [-0.25, -0.2) is 4.39 Å². The van der Waals surface area contributed by atoms with Crippen molar-refractivity contribution >= 4 is 11.6 Å². The van der Waals surface area contributed by atoms with E-state index < -0.39 is 23.5 Å². The van der Waals surface area contributed by atoms with Crippen molar-refractivity contribution in [1.82, 2.24) is 0 Å². The van der Waals surface area contributed by atoms with E-state index in [1.807, 2.05) is 0 Å². The Bertz CT molecular complexity index is 578. The Morgan fingerprint density at radius 2 is 1.95 bits per heavy atom. The van der Waals surface area contributed by atoms with E-state index in [-0.39, 0.29) is 17.0 Å². The molecule has 0 saturated heterocycles. The van der Waals surface area contributed by atoms with Gasteiger partial charge in [-0.3, -0.25) is 4.79 Å². The molecule has 1 aliphatic carbocycles. The van der Waals surface area contributed by atoms with Crippen LogP contribution in [0.5, 0.6) is 0 Å². The van der Waals surface area contributed by atoms with Crippen LogP contribution >= 0.6 is 0 Å². The summed E-state index contributed by atoms with van der Waals surface area (Å²) in [6.45, 7) is 0. The second-order valence-corrected chi connectivity index (χ2v) is 4.43. The van der Waals surface area contributed by atoms with Gasteiger partial charge in [0.1, 0.15) is 11.6 Å². The molecule has 108 valence electrons. The van der Waals surface area contributed by atoms with Gasteiger partial charge in [0.25, 0.3) is 5.91 Å². The number of amides is 1. The third-order valence-electron chi connectivity index (χ3n) is 2.99. The van der Waals surface area contributed by atoms with Gasteiger partial charge in [-0.2, -0.15) is 13.2 Å². The molecule has 2 N–H and O–H groups in total. The van der Waals surface area contributed by atoms with Crippen molar-refractivity contribution < 1.29 is 27.5 Å². The first kappa shape index (κ1) is 14.4. The maximum atomic E-state index is 13.1. The Kier molecular flexibility index (Phi) is 3.69. The van der Waals surface area contributed by atoms with E-state index in [9.17, 15) is 27.5 Å². The highest BCUT2D eigenvalue weighted by Crippen LogP contribution is 2.33. The predicted octanol–water partition coefficient (Wildman–Crippen LogP) is 3.78. The molecule has 0 saturated carbocycles. The number of anilines is 1. The summed E-state index contributed by atoms with van der Waals surface area (Å²) in [4.78, 5) is 11.8.